The molecule has 0 radical (unpaired) electrons. The van der Waals surface area contributed by atoms with Crippen LogP contribution in [-0.2, 0) is 9.45 Å². The van der Waals surface area contributed by atoms with Gasteiger partial charge in [-0.05, 0) is 36.1 Å². The Labute approximate surface area is 158 Å². The molecule has 0 heterocycles. The number of hydrogen-bond donors (Lipinski definition) is 0. The lowest BCUT2D eigenvalue weighted by Gasteiger charge is -2.26. The van der Waals surface area contributed by atoms with Gasteiger partial charge in [-0.2, -0.15) is 0 Å². The summed E-state index contributed by atoms with van der Waals surface area (Å²) in [6, 6.07) is 19.1. The minimum Gasteiger partial charge on any atom is -0.505 e. The average Bonchev–Trinajstić information content (AvgIpc) is 2.66. The zero-order chi connectivity index (χ0) is 19.2. The van der Waals surface area contributed by atoms with E-state index < -0.39 is 7.47 Å². The molecular weight excluding hydrogens is 345 g/mol. The highest BCUT2D eigenvalue weighted by atomic mass is 19.2. The first-order chi connectivity index (χ1) is 13.0. The van der Waals surface area contributed by atoms with Crippen molar-refractivity contribution in [1.29, 1.82) is 0 Å². The first-order valence-electron chi connectivity index (χ1n) is 8.73. The van der Waals surface area contributed by atoms with Gasteiger partial charge < -0.3 is 4.65 Å². The number of halogens is 2. The Morgan fingerprint density at radius 3 is 2.26 bits per heavy atom. The van der Waals surface area contributed by atoms with Crippen LogP contribution < -0.4 is 0 Å². The number of ketones is 1. The van der Waals surface area contributed by atoms with Gasteiger partial charge in [0.2, 0.25) is 0 Å². The van der Waals surface area contributed by atoms with Crippen LogP contribution in [0.1, 0.15) is 30.4 Å². The smallest absolute Gasteiger partial charge is 0.505 e. The van der Waals surface area contributed by atoms with Gasteiger partial charge in [0.25, 0.3) is 0 Å². The highest BCUT2D eigenvalue weighted by Gasteiger charge is 2.31. The number of carbonyl (C=O) groups is 1. The topological polar surface area (TPSA) is 26.3 Å². The van der Waals surface area contributed by atoms with Crippen molar-refractivity contribution in [3.05, 3.63) is 101 Å². The molecule has 0 aliphatic heterocycles. The second-order valence-electron chi connectivity index (χ2n) is 6.34. The van der Waals surface area contributed by atoms with E-state index in [-0.39, 0.29) is 17.5 Å². The van der Waals surface area contributed by atoms with Crippen LogP contribution in [-0.4, -0.2) is 13.3 Å². The molecule has 27 heavy (non-hydrogen) atoms. The predicted octanol–water partition coefficient (Wildman–Crippen LogP) is 5.60. The van der Waals surface area contributed by atoms with Gasteiger partial charge in [0, 0.05) is 11.5 Å². The lowest BCUT2D eigenvalue weighted by molar-refractivity contribution is -0.114. The Hall–Kier alpha value is -2.95. The van der Waals surface area contributed by atoms with Crippen molar-refractivity contribution in [2.45, 2.75) is 19.3 Å². The van der Waals surface area contributed by atoms with Crippen LogP contribution in [0.4, 0.5) is 8.63 Å². The molecular formula is C22H19BF2O2. The molecule has 0 amide bonds. The van der Waals surface area contributed by atoms with Crippen LogP contribution in [0, 0.1) is 0 Å². The van der Waals surface area contributed by atoms with Gasteiger partial charge in [-0.1, -0.05) is 72.8 Å². The Balaban J connectivity index is 2.02. The predicted molar refractivity (Wildman–Crippen MR) is 104 cm³/mol. The van der Waals surface area contributed by atoms with Crippen molar-refractivity contribution < 1.29 is 18.1 Å². The molecule has 0 saturated heterocycles. The Morgan fingerprint density at radius 1 is 1.04 bits per heavy atom. The summed E-state index contributed by atoms with van der Waals surface area (Å²) in [4.78, 5) is 12.2. The monoisotopic (exact) mass is 364 g/mol. The zero-order valence-electron chi connectivity index (χ0n) is 14.9. The van der Waals surface area contributed by atoms with E-state index in [1.54, 1.807) is 6.08 Å². The molecule has 1 aliphatic rings. The average molecular weight is 364 g/mol. The number of carbonyl (C=O) groups excluding carboxylic acids is 1. The van der Waals surface area contributed by atoms with Gasteiger partial charge in [0.1, 0.15) is 5.76 Å². The quantitative estimate of drug-likeness (QED) is 0.624. The summed E-state index contributed by atoms with van der Waals surface area (Å²) in [6.07, 6.45) is 5.89. The molecule has 0 N–H and O–H groups in total. The van der Waals surface area contributed by atoms with Crippen molar-refractivity contribution in [2.24, 2.45) is 0 Å². The Morgan fingerprint density at radius 2 is 1.67 bits per heavy atom. The Kier molecular flexibility index (Phi) is 6.02. The second-order valence-corrected chi connectivity index (χ2v) is 6.34. The lowest BCUT2D eigenvalue weighted by atomic mass is 9.79. The molecule has 2 nitrogen and oxygen atoms in total. The van der Waals surface area contributed by atoms with Crippen LogP contribution in [0.2, 0.25) is 0 Å². The minimum absolute atomic E-state index is 0.0506. The number of Topliss-reactive ketones (excluding diaryl/α,β-unsaturated/α-hetero) is 1. The fraction of sp³-hybridized carbons (Fsp3) is 0.136. The highest BCUT2D eigenvalue weighted by molar-refractivity contribution is 6.35. The van der Waals surface area contributed by atoms with E-state index in [0.29, 0.717) is 12.0 Å². The number of hydrogen-bond acceptors (Lipinski definition) is 2. The van der Waals surface area contributed by atoms with E-state index >= 15 is 0 Å². The van der Waals surface area contributed by atoms with Gasteiger partial charge in [-0.15, -0.1) is 0 Å². The van der Waals surface area contributed by atoms with Gasteiger partial charge in [-0.3, -0.25) is 4.79 Å². The summed E-state index contributed by atoms with van der Waals surface area (Å²) in [5, 5.41) is 0. The largest absolute Gasteiger partial charge is 0.796 e. The maximum atomic E-state index is 12.9. The third-order valence-electron chi connectivity index (χ3n) is 4.46. The third-order valence-corrected chi connectivity index (χ3v) is 4.46. The van der Waals surface area contributed by atoms with Crippen molar-refractivity contribution in [1.82, 2.24) is 0 Å². The summed E-state index contributed by atoms with van der Waals surface area (Å²) in [5.74, 6) is -0.634. The normalized spacial score (nSPS) is 17.0. The third kappa shape index (κ3) is 4.82. The van der Waals surface area contributed by atoms with E-state index in [4.69, 9.17) is 4.65 Å². The number of allylic oxidation sites excluding steroid dienone is 4. The minimum atomic E-state index is -2.99. The lowest BCUT2D eigenvalue weighted by Crippen LogP contribution is -2.19. The zero-order valence-corrected chi connectivity index (χ0v) is 14.9. The van der Waals surface area contributed by atoms with E-state index in [0.717, 1.165) is 16.7 Å². The van der Waals surface area contributed by atoms with E-state index in [2.05, 4.69) is 0 Å². The fourth-order valence-electron chi connectivity index (χ4n) is 3.28. The summed E-state index contributed by atoms with van der Waals surface area (Å²) < 4.78 is 30.6. The first-order valence-corrected chi connectivity index (χ1v) is 8.73. The molecule has 3 rings (SSSR count). The van der Waals surface area contributed by atoms with Crippen LogP contribution in [0.3, 0.4) is 0 Å². The molecule has 136 valence electrons. The van der Waals surface area contributed by atoms with Gasteiger partial charge >= 0.3 is 7.47 Å². The van der Waals surface area contributed by atoms with Crippen molar-refractivity contribution in [3.63, 3.8) is 0 Å². The van der Waals surface area contributed by atoms with Crippen LogP contribution in [0.25, 0.3) is 6.08 Å². The summed E-state index contributed by atoms with van der Waals surface area (Å²) in [6.45, 7) is 1.39. The molecule has 1 atom stereocenters. The summed E-state index contributed by atoms with van der Waals surface area (Å²) in [5.41, 5.74) is 3.02. The SMILES string of the molecule is CC(=O)C1=C(OB(F)F)C=C(C=Cc2ccccc2)CC1c1ccccc1. The van der Waals surface area contributed by atoms with Gasteiger partial charge in [0.05, 0.1) is 0 Å². The second kappa shape index (κ2) is 8.63. The maximum Gasteiger partial charge on any atom is 0.796 e. The highest BCUT2D eigenvalue weighted by Crippen LogP contribution is 2.39. The summed E-state index contributed by atoms with van der Waals surface area (Å²) >= 11 is 0. The molecule has 1 aliphatic carbocycles. The molecule has 0 fully saturated rings. The van der Waals surface area contributed by atoms with E-state index in [1.165, 1.54) is 6.92 Å². The number of rotatable bonds is 6. The van der Waals surface area contributed by atoms with E-state index in [1.807, 2.05) is 72.8 Å². The van der Waals surface area contributed by atoms with Crippen molar-refractivity contribution in [2.75, 3.05) is 0 Å². The molecule has 0 aromatic heterocycles. The maximum absolute atomic E-state index is 12.9. The standard InChI is InChI=1S/C22H19BF2O2/c1-16(26)22-20(19-10-6-3-7-11-19)14-18(15-21(22)27-23(24)25)13-12-17-8-4-2-5-9-17/h2-13,15,20H,14H2,1H3. The van der Waals surface area contributed by atoms with Gasteiger partial charge in [-0.25, -0.2) is 8.63 Å². The summed E-state index contributed by atoms with van der Waals surface area (Å²) in [7, 11) is -2.99. The van der Waals surface area contributed by atoms with Crippen LogP contribution in [0.15, 0.2) is 89.7 Å². The van der Waals surface area contributed by atoms with E-state index in [9.17, 15) is 13.4 Å². The molecule has 1 unspecified atom stereocenters. The molecule has 0 bridgehead atoms. The van der Waals surface area contributed by atoms with Crippen molar-refractivity contribution in [3.8, 4) is 0 Å². The van der Waals surface area contributed by atoms with Crippen LogP contribution >= 0.6 is 0 Å². The Bertz CT molecular complexity index is 887. The number of benzene rings is 2. The van der Waals surface area contributed by atoms with Crippen LogP contribution in [0.5, 0.6) is 0 Å². The first kappa shape index (κ1) is 18.8. The fourth-order valence-corrected chi connectivity index (χ4v) is 3.28. The van der Waals surface area contributed by atoms with Crippen molar-refractivity contribution >= 4 is 19.3 Å². The molecule has 2 aromatic rings. The molecule has 5 heteroatoms. The molecule has 0 saturated carbocycles. The molecule has 0 spiro atoms. The van der Waals surface area contributed by atoms with Gasteiger partial charge in [0.15, 0.2) is 5.78 Å². The molecule has 2 aromatic carbocycles.